The van der Waals surface area contributed by atoms with Crippen LogP contribution in [0.1, 0.15) is 11.5 Å². The molecule has 3 N–H and O–H groups in total. The number of phenolic OH excluding ortho intramolecular Hbond substituents is 1. The van der Waals surface area contributed by atoms with E-state index in [0.717, 1.165) is 0 Å². The first kappa shape index (κ1) is 13.4. The Morgan fingerprint density at radius 1 is 1.11 bits per heavy atom. The second-order valence-corrected chi connectivity index (χ2v) is 4.23. The van der Waals surface area contributed by atoms with Crippen LogP contribution in [0.2, 0.25) is 0 Å². The number of phenols is 1. The van der Waals surface area contributed by atoms with E-state index in [1.807, 2.05) is 6.07 Å². The molecule has 0 aliphatic heterocycles. The highest BCUT2D eigenvalue weighted by molar-refractivity contribution is 5.35. The van der Waals surface area contributed by atoms with Crippen molar-refractivity contribution in [3.63, 3.8) is 0 Å². The van der Waals surface area contributed by atoms with Gasteiger partial charge in [-0.3, -0.25) is 0 Å². The van der Waals surface area contributed by atoms with Crippen molar-refractivity contribution < 1.29 is 14.2 Å². The van der Waals surface area contributed by atoms with E-state index in [2.05, 4.69) is 0 Å². The molecule has 0 bridgehead atoms. The van der Waals surface area contributed by atoms with Crippen molar-refractivity contribution in [3.05, 3.63) is 59.9 Å². The van der Waals surface area contributed by atoms with Gasteiger partial charge in [0.15, 0.2) is 11.6 Å². The molecule has 3 nitrogen and oxygen atoms in total. The van der Waals surface area contributed by atoms with Gasteiger partial charge < -0.3 is 15.6 Å². The van der Waals surface area contributed by atoms with Gasteiger partial charge in [-0.2, -0.15) is 0 Å². The van der Waals surface area contributed by atoms with Gasteiger partial charge in [0.25, 0.3) is 0 Å². The maximum atomic E-state index is 13.4. The molecule has 0 amide bonds. The molecule has 0 fully saturated rings. The lowest BCUT2D eigenvalue weighted by Gasteiger charge is -2.17. The number of nitrogens with two attached hydrogens (primary N) is 1. The molecule has 0 aliphatic carbocycles. The van der Waals surface area contributed by atoms with Crippen molar-refractivity contribution in [2.75, 3.05) is 13.2 Å². The average Bonchev–Trinajstić information content (AvgIpc) is 2.43. The molecule has 0 heterocycles. The molecule has 19 heavy (non-hydrogen) atoms. The Morgan fingerprint density at radius 2 is 1.79 bits per heavy atom. The lowest BCUT2D eigenvalue weighted by atomic mass is 9.99. The molecular weight excluding hydrogens is 245 g/mol. The molecule has 2 aromatic rings. The van der Waals surface area contributed by atoms with Crippen LogP contribution in [0, 0.1) is 5.82 Å². The van der Waals surface area contributed by atoms with E-state index < -0.39 is 5.82 Å². The molecule has 2 aromatic carbocycles. The Balaban J connectivity index is 2.09. The summed E-state index contributed by atoms with van der Waals surface area (Å²) in [6.45, 7) is 0.529. The van der Waals surface area contributed by atoms with Gasteiger partial charge in [0.05, 0.1) is 6.61 Å². The van der Waals surface area contributed by atoms with E-state index in [9.17, 15) is 9.50 Å². The van der Waals surface area contributed by atoms with Gasteiger partial charge in [-0.05, 0) is 18.2 Å². The predicted molar refractivity (Wildman–Crippen MR) is 71.8 cm³/mol. The van der Waals surface area contributed by atoms with E-state index >= 15 is 0 Å². The summed E-state index contributed by atoms with van der Waals surface area (Å²) >= 11 is 0. The Labute approximate surface area is 111 Å². The molecule has 1 unspecified atom stereocenters. The lowest BCUT2D eigenvalue weighted by Crippen LogP contribution is -2.20. The Bertz CT molecular complexity index is 545. The predicted octanol–water partition coefficient (Wildman–Crippen LogP) is 2.65. The third kappa shape index (κ3) is 3.23. The normalized spacial score (nSPS) is 12.1. The minimum absolute atomic E-state index is 0.176. The quantitative estimate of drug-likeness (QED) is 0.870. The maximum absolute atomic E-state index is 13.4. The smallest absolute Gasteiger partial charge is 0.165 e. The van der Waals surface area contributed by atoms with Crippen molar-refractivity contribution >= 4 is 0 Å². The molecule has 0 aromatic heterocycles. The van der Waals surface area contributed by atoms with E-state index in [-0.39, 0.29) is 24.0 Å². The number of ether oxygens (including phenoxy) is 1. The first-order chi connectivity index (χ1) is 9.22. The van der Waals surface area contributed by atoms with Gasteiger partial charge in [-0.15, -0.1) is 0 Å². The third-order valence-corrected chi connectivity index (χ3v) is 2.94. The number of rotatable bonds is 5. The summed E-state index contributed by atoms with van der Waals surface area (Å²) < 4.78 is 18.9. The molecule has 0 radical (unpaired) electrons. The van der Waals surface area contributed by atoms with Crippen molar-refractivity contribution in [2.45, 2.75) is 5.92 Å². The first-order valence-electron chi connectivity index (χ1n) is 6.07. The van der Waals surface area contributed by atoms with Crippen LogP contribution in [0.5, 0.6) is 11.5 Å². The number of hydrogen-bond donors (Lipinski definition) is 2. The van der Waals surface area contributed by atoms with Gasteiger partial charge >= 0.3 is 0 Å². The zero-order valence-electron chi connectivity index (χ0n) is 10.4. The van der Waals surface area contributed by atoms with Crippen LogP contribution in [0.3, 0.4) is 0 Å². The van der Waals surface area contributed by atoms with E-state index in [0.29, 0.717) is 12.1 Å². The average molecular weight is 261 g/mol. The van der Waals surface area contributed by atoms with Gasteiger partial charge in [-0.1, -0.05) is 30.3 Å². The Hall–Kier alpha value is -2.07. The summed E-state index contributed by atoms with van der Waals surface area (Å²) in [6, 6.07) is 13.2. The summed E-state index contributed by atoms with van der Waals surface area (Å²) in [5, 5.41) is 9.78. The van der Waals surface area contributed by atoms with Crippen LogP contribution in [0.25, 0.3) is 0 Å². The number of halogens is 1. The van der Waals surface area contributed by atoms with Crippen LogP contribution >= 0.6 is 0 Å². The number of hydrogen-bond acceptors (Lipinski definition) is 3. The molecule has 100 valence electrons. The first-order valence-corrected chi connectivity index (χ1v) is 6.07. The van der Waals surface area contributed by atoms with Gasteiger partial charge in [-0.25, -0.2) is 4.39 Å². The van der Waals surface area contributed by atoms with Crippen LogP contribution < -0.4 is 10.5 Å². The van der Waals surface area contributed by atoms with Crippen molar-refractivity contribution in [3.8, 4) is 11.5 Å². The largest absolute Gasteiger partial charge is 0.508 e. The molecule has 4 heteroatoms. The van der Waals surface area contributed by atoms with Crippen LogP contribution in [0.4, 0.5) is 4.39 Å². The van der Waals surface area contributed by atoms with Gasteiger partial charge in [0.1, 0.15) is 5.75 Å². The number of para-hydroxylation sites is 2. The zero-order valence-corrected chi connectivity index (χ0v) is 10.4. The zero-order chi connectivity index (χ0) is 13.7. The maximum Gasteiger partial charge on any atom is 0.165 e. The molecule has 2 rings (SSSR count). The van der Waals surface area contributed by atoms with Gasteiger partial charge in [0.2, 0.25) is 0 Å². The van der Waals surface area contributed by atoms with Gasteiger partial charge in [0, 0.05) is 18.0 Å². The van der Waals surface area contributed by atoms with Crippen LogP contribution in [0.15, 0.2) is 48.5 Å². The summed E-state index contributed by atoms with van der Waals surface area (Å²) in [5.74, 6) is -0.220. The second-order valence-electron chi connectivity index (χ2n) is 4.23. The second kappa shape index (κ2) is 6.20. The summed E-state index contributed by atoms with van der Waals surface area (Å²) in [6.07, 6.45) is 0. The number of aromatic hydroxyl groups is 1. The Morgan fingerprint density at radius 3 is 2.47 bits per heavy atom. The monoisotopic (exact) mass is 261 g/mol. The fraction of sp³-hybridized carbons (Fsp3) is 0.200. The fourth-order valence-corrected chi connectivity index (χ4v) is 1.87. The molecule has 0 saturated heterocycles. The topological polar surface area (TPSA) is 55.5 Å². The van der Waals surface area contributed by atoms with Crippen LogP contribution in [-0.2, 0) is 0 Å². The Kier molecular flexibility index (Phi) is 4.36. The highest BCUT2D eigenvalue weighted by Gasteiger charge is 2.15. The third-order valence-electron chi connectivity index (χ3n) is 2.94. The molecule has 1 atom stereocenters. The van der Waals surface area contributed by atoms with Crippen molar-refractivity contribution in [2.24, 2.45) is 5.73 Å². The standard InChI is InChI=1S/C15H16FNO2/c16-13-6-2-4-8-15(13)19-10-11(9-17)12-5-1-3-7-14(12)18/h1-8,11,18H,9-10,17H2. The van der Waals surface area contributed by atoms with E-state index in [1.165, 1.54) is 6.07 Å². The number of benzene rings is 2. The minimum Gasteiger partial charge on any atom is -0.508 e. The molecule has 0 saturated carbocycles. The van der Waals surface area contributed by atoms with E-state index in [4.69, 9.17) is 10.5 Å². The van der Waals surface area contributed by atoms with Crippen molar-refractivity contribution in [1.29, 1.82) is 0 Å². The van der Waals surface area contributed by atoms with Crippen molar-refractivity contribution in [1.82, 2.24) is 0 Å². The molecule has 0 aliphatic rings. The lowest BCUT2D eigenvalue weighted by molar-refractivity contribution is 0.274. The fourth-order valence-electron chi connectivity index (χ4n) is 1.87. The summed E-state index contributed by atoms with van der Waals surface area (Å²) in [5.41, 5.74) is 6.40. The molecule has 0 spiro atoms. The highest BCUT2D eigenvalue weighted by atomic mass is 19.1. The molecular formula is C15H16FNO2. The summed E-state index contributed by atoms with van der Waals surface area (Å²) in [7, 11) is 0. The highest BCUT2D eigenvalue weighted by Crippen LogP contribution is 2.26. The van der Waals surface area contributed by atoms with E-state index in [1.54, 1.807) is 36.4 Å². The SMILES string of the molecule is NCC(COc1ccccc1F)c1ccccc1O. The van der Waals surface area contributed by atoms with Crippen LogP contribution in [-0.4, -0.2) is 18.3 Å². The minimum atomic E-state index is -0.407. The summed E-state index contributed by atoms with van der Waals surface area (Å²) in [4.78, 5) is 0.